The number of fused-ring (bicyclic) bond motifs is 1. The van der Waals surface area contributed by atoms with Crippen LogP contribution in [-0.2, 0) is 6.42 Å². The van der Waals surface area contributed by atoms with Crippen molar-refractivity contribution in [3.63, 3.8) is 0 Å². The van der Waals surface area contributed by atoms with E-state index in [4.69, 9.17) is 4.98 Å². The minimum Gasteiger partial charge on any atom is -0.309 e. The Morgan fingerprint density at radius 2 is 2.30 bits per heavy atom. The fourth-order valence-electron chi connectivity index (χ4n) is 2.85. The van der Waals surface area contributed by atoms with E-state index >= 15 is 0 Å². The third kappa shape index (κ3) is 2.50. The van der Waals surface area contributed by atoms with Crippen molar-refractivity contribution < 1.29 is 4.39 Å². The number of aryl methyl sites for hydroxylation is 2. The molecule has 3 rings (SSSR count). The molecule has 20 heavy (non-hydrogen) atoms. The van der Waals surface area contributed by atoms with E-state index in [1.165, 1.54) is 23.1 Å². The highest BCUT2D eigenvalue weighted by Gasteiger charge is 2.24. The molecule has 2 aromatic rings. The monoisotopic (exact) mass is 290 g/mol. The van der Waals surface area contributed by atoms with E-state index in [2.05, 4.69) is 12.2 Å². The maximum atomic E-state index is 13.2. The van der Waals surface area contributed by atoms with Crippen LogP contribution in [0.5, 0.6) is 0 Å². The predicted molar refractivity (Wildman–Crippen MR) is 81.6 cm³/mol. The number of aromatic nitrogens is 1. The second-order valence-electron chi connectivity index (χ2n) is 5.29. The molecule has 0 bridgehead atoms. The number of hydrogen-bond acceptors (Lipinski definition) is 3. The Labute approximate surface area is 123 Å². The van der Waals surface area contributed by atoms with Gasteiger partial charge >= 0.3 is 0 Å². The number of benzene rings is 1. The van der Waals surface area contributed by atoms with Crippen LogP contribution in [0, 0.1) is 12.7 Å². The Morgan fingerprint density at radius 1 is 1.45 bits per heavy atom. The molecule has 1 N–H and O–H groups in total. The van der Waals surface area contributed by atoms with Gasteiger partial charge in [-0.1, -0.05) is 6.92 Å². The van der Waals surface area contributed by atoms with Crippen LogP contribution < -0.4 is 5.32 Å². The zero-order valence-electron chi connectivity index (χ0n) is 11.9. The summed E-state index contributed by atoms with van der Waals surface area (Å²) in [7, 11) is 0. The molecule has 0 spiro atoms. The van der Waals surface area contributed by atoms with Gasteiger partial charge in [-0.15, -0.1) is 11.3 Å². The van der Waals surface area contributed by atoms with Gasteiger partial charge in [0.15, 0.2) is 0 Å². The number of halogens is 1. The van der Waals surface area contributed by atoms with Crippen molar-refractivity contribution in [1.82, 2.24) is 10.3 Å². The Kier molecular flexibility index (Phi) is 3.85. The van der Waals surface area contributed by atoms with Crippen molar-refractivity contribution in [3.05, 3.63) is 40.2 Å². The van der Waals surface area contributed by atoms with Gasteiger partial charge in [-0.05, 0) is 56.5 Å². The Hall–Kier alpha value is -1.26. The molecule has 1 aliphatic carbocycles. The summed E-state index contributed by atoms with van der Waals surface area (Å²) in [6.07, 6.45) is 3.50. The molecule has 1 aromatic heterocycles. The van der Waals surface area contributed by atoms with Crippen molar-refractivity contribution >= 4 is 11.3 Å². The fraction of sp³-hybridized carbons (Fsp3) is 0.438. The average Bonchev–Trinajstić information content (AvgIpc) is 2.83. The van der Waals surface area contributed by atoms with Crippen molar-refractivity contribution in [1.29, 1.82) is 0 Å². The van der Waals surface area contributed by atoms with Crippen LogP contribution in [0.15, 0.2) is 18.2 Å². The Balaban J connectivity index is 2.00. The highest BCUT2D eigenvalue weighted by atomic mass is 32.1. The first-order valence-corrected chi connectivity index (χ1v) is 8.00. The van der Waals surface area contributed by atoms with Crippen LogP contribution in [0.4, 0.5) is 4.39 Å². The van der Waals surface area contributed by atoms with Gasteiger partial charge in [0.25, 0.3) is 0 Å². The molecule has 0 saturated carbocycles. The van der Waals surface area contributed by atoms with E-state index < -0.39 is 0 Å². The van der Waals surface area contributed by atoms with E-state index in [0.717, 1.165) is 35.5 Å². The van der Waals surface area contributed by atoms with Crippen LogP contribution >= 0.6 is 11.3 Å². The van der Waals surface area contributed by atoms with Gasteiger partial charge in [0, 0.05) is 10.4 Å². The molecule has 1 unspecified atom stereocenters. The molecular formula is C16H19FN2S. The van der Waals surface area contributed by atoms with Gasteiger partial charge in [-0.2, -0.15) is 0 Å². The Morgan fingerprint density at radius 3 is 3.05 bits per heavy atom. The molecule has 1 heterocycles. The minimum absolute atomic E-state index is 0.182. The van der Waals surface area contributed by atoms with Crippen molar-refractivity contribution in [3.8, 4) is 10.6 Å². The minimum atomic E-state index is -0.182. The van der Waals surface area contributed by atoms with Crippen molar-refractivity contribution in [2.45, 2.75) is 39.2 Å². The zero-order valence-corrected chi connectivity index (χ0v) is 12.7. The quantitative estimate of drug-likeness (QED) is 0.914. The molecule has 0 amide bonds. The van der Waals surface area contributed by atoms with Gasteiger partial charge in [0.1, 0.15) is 10.8 Å². The van der Waals surface area contributed by atoms with Crippen LogP contribution in [-0.4, -0.2) is 11.5 Å². The highest BCUT2D eigenvalue weighted by Crippen LogP contribution is 2.38. The number of nitrogens with zero attached hydrogens (tertiary/aromatic N) is 1. The lowest BCUT2D eigenvalue weighted by Gasteiger charge is -2.21. The number of rotatable bonds is 3. The summed E-state index contributed by atoms with van der Waals surface area (Å²) >= 11 is 1.76. The van der Waals surface area contributed by atoms with E-state index in [0.29, 0.717) is 6.04 Å². The van der Waals surface area contributed by atoms with E-state index in [-0.39, 0.29) is 5.82 Å². The fourth-order valence-corrected chi connectivity index (χ4v) is 4.10. The largest absolute Gasteiger partial charge is 0.309 e. The lowest BCUT2D eigenvalue weighted by molar-refractivity contribution is 0.465. The molecule has 1 aliphatic rings. The van der Waals surface area contributed by atoms with Crippen molar-refractivity contribution in [2.24, 2.45) is 0 Å². The van der Waals surface area contributed by atoms with E-state index in [1.54, 1.807) is 17.4 Å². The highest BCUT2D eigenvalue weighted by molar-refractivity contribution is 7.15. The van der Waals surface area contributed by atoms with Crippen LogP contribution in [0.25, 0.3) is 10.6 Å². The summed E-state index contributed by atoms with van der Waals surface area (Å²) in [5.41, 5.74) is 3.22. The maximum absolute atomic E-state index is 13.2. The topological polar surface area (TPSA) is 24.9 Å². The normalized spacial score (nSPS) is 18.1. The third-order valence-electron chi connectivity index (χ3n) is 3.82. The van der Waals surface area contributed by atoms with Crippen molar-refractivity contribution in [2.75, 3.05) is 6.54 Å². The Bertz CT molecular complexity index is 621. The standard InChI is InChI=1S/C16H19FN2S/c1-3-18-13-5-4-6-14-15(13)19-16(20-14)12-8-7-11(17)9-10(12)2/h7-9,13,18H,3-6H2,1-2H3. The summed E-state index contributed by atoms with van der Waals surface area (Å²) in [4.78, 5) is 6.23. The first kappa shape index (κ1) is 13.7. The molecule has 1 aromatic carbocycles. The second-order valence-corrected chi connectivity index (χ2v) is 6.37. The molecule has 0 radical (unpaired) electrons. The number of thiazole rings is 1. The molecule has 106 valence electrons. The van der Waals surface area contributed by atoms with Crippen LogP contribution in [0.3, 0.4) is 0 Å². The number of nitrogens with one attached hydrogen (secondary N) is 1. The summed E-state index contributed by atoms with van der Waals surface area (Å²) in [6, 6.07) is 5.33. The molecule has 0 saturated heterocycles. The average molecular weight is 290 g/mol. The molecular weight excluding hydrogens is 271 g/mol. The molecule has 4 heteroatoms. The van der Waals surface area contributed by atoms with Gasteiger partial charge in [-0.25, -0.2) is 9.37 Å². The molecule has 1 atom stereocenters. The summed E-state index contributed by atoms with van der Waals surface area (Å²) < 4.78 is 13.2. The van der Waals surface area contributed by atoms with Crippen LogP contribution in [0.2, 0.25) is 0 Å². The zero-order chi connectivity index (χ0) is 14.1. The lowest BCUT2D eigenvalue weighted by Crippen LogP contribution is -2.24. The number of hydrogen-bond donors (Lipinski definition) is 1. The smallest absolute Gasteiger partial charge is 0.124 e. The van der Waals surface area contributed by atoms with Crippen LogP contribution in [0.1, 0.15) is 41.9 Å². The SMILES string of the molecule is CCNC1CCCc2sc(-c3ccc(F)cc3C)nc21. The van der Waals surface area contributed by atoms with Gasteiger partial charge in [0.2, 0.25) is 0 Å². The van der Waals surface area contributed by atoms with Gasteiger partial charge in [0.05, 0.1) is 11.7 Å². The van der Waals surface area contributed by atoms with Gasteiger partial charge in [-0.3, -0.25) is 0 Å². The lowest BCUT2D eigenvalue weighted by atomic mass is 9.97. The summed E-state index contributed by atoms with van der Waals surface area (Å²) in [5, 5.41) is 4.54. The molecule has 2 nitrogen and oxygen atoms in total. The second kappa shape index (κ2) is 5.62. The predicted octanol–water partition coefficient (Wildman–Crippen LogP) is 4.24. The third-order valence-corrected chi connectivity index (χ3v) is 4.99. The maximum Gasteiger partial charge on any atom is 0.124 e. The first-order valence-electron chi connectivity index (χ1n) is 7.18. The summed E-state index contributed by atoms with van der Waals surface area (Å²) in [5.74, 6) is -0.182. The van der Waals surface area contributed by atoms with E-state index in [9.17, 15) is 4.39 Å². The van der Waals surface area contributed by atoms with Gasteiger partial charge < -0.3 is 5.32 Å². The summed E-state index contributed by atoms with van der Waals surface area (Å²) in [6.45, 7) is 5.04. The molecule has 0 fully saturated rings. The first-order chi connectivity index (χ1) is 9.69. The van der Waals surface area contributed by atoms with E-state index in [1.807, 2.05) is 13.0 Å². The molecule has 0 aliphatic heterocycles.